The van der Waals surface area contributed by atoms with Crippen molar-refractivity contribution in [1.82, 2.24) is 4.57 Å². The number of esters is 1. The molecule has 0 spiro atoms. The zero-order valence-corrected chi connectivity index (χ0v) is 20.5. The van der Waals surface area contributed by atoms with Gasteiger partial charge < -0.3 is 9.47 Å². The summed E-state index contributed by atoms with van der Waals surface area (Å²) in [7, 11) is 1.60. The van der Waals surface area contributed by atoms with Crippen LogP contribution < -0.4 is 19.6 Å². The number of thioether (sulfide) groups is 1. The van der Waals surface area contributed by atoms with Crippen LogP contribution in [-0.4, -0.2) is 30.5 Å². The van der Waals surface area contributed by atoms with Crippen molar-refractivity contribution >= 4 is 35.1 Å². The van der Waals surface area contributed by atoms with Crippen molar-refractivity contribution in [3.8, 4) is 5.75 Å². The average Bonchev–Trinajstić information content (AvgIpc) is 3.13. The molecule has 0 N–H and O–H groups in total. The molecule has 1 aliphatic heterocycles. The van der Waals surface area contributed by atoms with Gasteiger partial charge in [0.05, 0.1) is 35.6 Å². The van der Waals surface area contributed by atoms with Crippen molar-refractivity contribution in [3.63, 3.8) is 0 Å². The molecule has 1 aromatic heterocycles. The Kier molecular flexibility index (Phi) is 6.85. The lowest BCUT2D eigenvalue weighted by atomic mass is 9.96. The van der Waals surface area contributed by atoms with Gasteiger partial charge in [-0.15, -0.1) is 11.8 Å². The molecular weight excluding hydrogens is 456 g/mol. The van der Waals surface area contributed by atoms with E-state index in [1.54, 1.807) is 43.4 Å². The fraction of sp³-hybridized carbons (Fsp3) is 0.240. The molecule has 170 valence electrons. The number of fused-ring (bicyclic) bond motifs is 1. The van der Waals surface area contributed by atoms with Gasteiger partial charge in [0.1, 0.15) is 5.75 Å². The highest BCUT2D eigenvalue weighted by molar-refractivity contribution is 7.98. The number of ether oxygens (including phenoxy) is 2. The topological polar surface area (TPSA) is 69.9 Å². The molecule has 0 bridgehead atoms. The number of nitrogens with zero attached hydrogens (tertiary/aromatic N) is 2. The molecule has 6 nitrogen and oxygen atoms in total. The highest BCUT2D eigenvalue weighted by Crippen LogP contribution is 2.31. The van der Waals surface area contributed by atoms with Crippen molar-refractivity contribution < 1.29 is 14.3 Å². The van der Waals surface area contributed by atoms with E-state index in [0.717, 1.165) is 16.0 Å². The van der Waals surface area contributed by atoms with E-state index in [2.05, 4.69) is 4.99 Å². The molecule has 0 radical (unpaired) electrons. The highest BCUT2D eigenvalue weighted by Gasteiger charge is 2.33. The average molecular weight is 481 g/mol. The summed E-state index contributed by atoms with van der Waals surface area (Å²) in [5.74, 6) is 0.215. The Balaban J connectivity index is 1.95. The first-order valence-electron chi connectivity index (χ1n) is 10.4. The second-order valence-corrected chi connectivity index (χ2v) is 9.21. The molecule has 1 atom stereocenters. The summed E-state index contributed by atoms with van der Waals surface area (Å²) in [5.41, 5.74) is 2.35. The Morgan fingerprint density at radius 2 is 1.94 bits per heavy atom. The van der Waals surface area contributed by atoms with Crippen molar-refractivity contribution in [2.75, 3.05) is 20.0 Å². The van der Waals surface area contributed by atoms with Crippen LogP contribution in [0.5, 0.6) is 5.75 Å². The fourth-order valence-electron chi connectivity index (χ4n) is 3.82. The fourth-order valence-corrected chi connectivity index (χ4v) is 5.27. The summed E-state index contributed by atoms with van der Waals surface area (Å²) in [6, 6.07) is 14.8. The summed E-state index contributed by atoms with van der Waals surface area (Å²) < 4.78 is 12.9. The maximum atomic E-state index is 13.6. The predicted molar refractivity (Wildman–Crippen MR) is 132 cm³/mol. The van der Waals surface area contributed by atoms with Gasteiger partial charge >= 0.3 is 5.97 Å². The minimum Gasteiger partial charge on any atom is -0.496 e. The monoisotopic (exact) mass is 480 g/mol. The van der Waals surface area contributed by atoms with Crippen LogP contribution in [0.4, 0.5) is 0 Å². The Hall–Kier alpha value is -3.10. The standard InChI is InChI=1S/C25H24N2O4S2/c1-5-31-24(29)21-15(2)26-25-27(22(21)16-10-12-18(32-4)13-11-16)23(28)20(33-25)14-17-8-6-7-9-19(17)30-3/h6-14,22H,5H2,1-4H3/b20-14-. The molecule has 4 rings (SSSR count). The first-order valence-corrected chi connectivity index (χ1v) is 12.5. The predicted octanol–water partition coefficient (Wildman–Crippen LogP) is 3.53. The number of thiazole rings is 1. The molecular formula is C25H24N2O4S2. The SMILES string of the molecule is CCOC(=O)C1=C(C)N=c2s/c(=C\c3ccccc3OC)c(=O)n2C1c1ccc(SC)cc1. The molecule has 2 heterocycles. The van der Waals surface area contributed by atoms with Crippen LogP contribution in [0.3, 0.4) is 0 Å². The molecule has 8 heteroatoms. The maximum Gasteiger partial charge on any atom is 0.338 e. The number of hydrogen-bond acceptors (Lipinski definition) is 7. The van der Waals surface area contributed by atoms with Crippen LogP contribution in [0.1, 0.15) is 31.0 Å². The zero-order chi connectivity index (χ0) is 23.5. The third kappa shape index (κ3) is 4.41. The van der Waals surface area contributed by atoms with E-state index in [-0.39, 0.29) is 12.2 Å². The van der Waals surface area contributed by atoms with Crippen LogP contribution >= 0.6 is 23.1 Å². The molecule has 0 aliphatic carbocycles. The van der Waals surface area contributed by atoms with Gasteiger partial charge in [0, 0.05) is 10.5 Å². The van der Waals surface area contributed by atoms with Gasteiger partial charge in [0.15, 0.2) is 4.80 Å². The van der Waals surface area contributed by atoms with Gasteiger partial charge in [-0.2, -0.15) is 0 Å². The summed E-state index contributed by atoms with van der Waals surface area (Å²) in [6.45, 7) is 3.79. The molecule has 0 saturated carbocycles. The van der Waals surface area contributed by atoms with Gasteiger partial charge in [-0.25, -0.2) is 9.79 Å². The molecule has 0 saturated heterocycles. The van der Waals surface area contributed by atoms with Crippen LogP contribution in [0, 0.1) is 0 Å². The molecule has 1 aliphatic rings. The number of carbonyl (C=O) groups is 1. The number of benzene rings is 2. The number of allylic oxidation sites excluding steroid dienone is 1. The van der Waals surface area contributed by atoms with Gasteiger partial charge in [0.25, 0.3) is 5.56 Å². The van der Waals surface area contributed by atoms with Gasteiger partial charge in [-0.05, 0) is 49.9 Å². The van der Waals surface area contributed by atoms with E-state index in [1.165, 1.54) is 11.3 Å². The van der Waals surface area contributed by atoms with E-state index in [4.69, 9.17) is 9.47 Å². The van der Waals surface area contributed by atoms with Crippen LogP contribution in [0.2, 0.25) is 0 Å². The third-order valence-electron chi connectivity index (χ3n) is 5.37. The second-order valence-electron chi connectivity index (χ2n) is 7.32. The summed E-state index contributed by atoms with van der Waals surface area (Å²) >= 11 is 2.93. The molecule has 33 heavy (non-hydrogen) atoms. The molecule has 0 fully saturated rings. The first-order chi connectivity index (χ1) is 16.0. The van der Waals surface area contributed by atoms with Crippen molar-refractivity contribution in [3.05, 3.63) is 90.6 Å². The van der Waals surface area contributed by atoms with Crippen molar-refractivity contribution in [2.45, 2.75) is 24.8 Å². The normalized spacial score (nSPS) is 15.8. The van der Waals surface area contributed by atoms with E-state index >= 15 is 0 Å². The summed E-state index contributed by atoms with van der Waals surface area (Å²) in [4.78, 5) is 32.8. The van der Waals surface area contributed by atoms with E-state index in [0.29, 0.717) is 26.4 Å². The lowest BCUT2D eigenvalue weighted by Gasteiger charge is -2.24. The van der Waals surface area contributed by atoms with Crippen LogP contribution in [-0.2, 0) is 9.53 Å². The third-order valence-corrected chi connectivity index (χ3v) is 7.10. The van der Waals surface area contributed by atoms with E-state index in [9.17, 15) is 9.59 Å². The number of methoxy groups -OCH3 is 1. The number of hydrogen-bond donors (Lipinski definition) is 0. The van der Waals surface area contributed by atoms with Gasteiger partial charge in [-0.3, -0.25) is 9.36 Å². The first kappa shape index (κ1) is 23.1. The van der Waals surface area contributed by atoms with E-state index < -0.39 is 12.0 Å². The smallest absolute Gasteiger partial charge is 0.338 e. The quantitative estimate of drug-likeness (QED) is 0.399. The Bertz CT molecular complexity index is 1400. The number of rotatable bonds is 6. The van der Waals surface area contributed by atoms with Crippen molar-refractivity contribution in [1.29, 1.82) is 0 Å². The number of aromatic nitrogens is 1. The van der Waals surface area contributed by atoms with Crippen molar-refractivity contribution in [2.24, 2.45) is 4.99 Å². The highest BCUT2D eigenvalue weighted by atomic mass is 32.2. The minimum atomic E-state index is -0.615. The van der Waals surface area contributed by atoms with E-state index in [1.807, 2.05) is 54.8 Å². The molecule has 0 amide bonds. The lowest BCUT2D eigenvalue weighted by Crippen LogP contribution is -2.39. The van der Waals surface area contributed by atoms with Gasteiger partial charge in [0.2, 0.25) is 0 Å². The summed E-state index contributed by atoms with van der Waals surface area (Å²) in [5, 5.41) is 0. The zero-order valence-electron chi connectivity index (χ0n) is 18.8. The van der Waals surface area contributed by atoms with Crippen LogP contribution in [0.15, 0.2) is 74.5 Å². The summed E-state index contributed by atoms with van der Waals surface area (Å²) in [6.07, 6.45) is 3.81. The largest absolute Gasteiger partial charge is 0.496 e. The maximum absolute atomic E-state index is 13.6. The molecule has 3 aromatic rings. The van der Waals surface area contributed by atoms with Crippen LogP contribution in [0.25, 0.3) is 6.08 Å². The lowest BCUT2D eigenvalue weighted by molar-refractivity contribution is -0.139. The second kappa shape index (κ2) is 9.80. The minimum absolute atomic E-state index is 0.210. The number of para-hydroxylation sites is 1. The molecule has 2 aromatic carbocycles. The van der Waals surface area contributed by atoms with Gasteiger partial charge in [-0.1, -0.05) is 41.7 Å². The Morgan fingerprint density at radius 1 is 1.21 bits per heavy atom. The molecule has 1 unspecified atom stereocenters. The Morgan fingerprint density at radius 3 is 2.61 bits per heavy atom. The number of carbonyl (C=O) groups excluding carboxylic acids is 1. The Labute approximate surface area is 199 Å².